The van der Waals surface area contributed by atoms with Crippen molar-refractivity contribution in [2.45, 2.75) is 19.3 Å². The van der Waals surface area contributed by atoms with E-state index in [1.54, 1.807) is 36.7 Å². The lowest BCUT2D eigenvalue weighted by molar-refractivity contribution is -0.120. The molecule has 0 saturated carbocycles. The van der Waals surface area contributed by atoms with E-state index in [1.807, 2.05) is 0 Å². The van der Waals surface area contributed by atoms with Crippen molar-refractivity contribution in [2.75, 3.05) is 6.54 Å². The number of hydrogen-bond acceptors (Lipinski definition) is 3. The van der Waals surface area contributed by atoms with Crippen molar-refractivity contribution in [1.29, 1.82) is 5.26 Å². The Balaban J connectivity index is 1.68. The Kier molecular flexibility index (Phi) is 4.90. The van der Waals surface area contributed by atoms with Crippen molar-refractivity contribution in [3.8, 4) is 6.07 Å². The van der Waals surface area contributed by atoms with E-state index in [4.69, 9.17) is 5.26 Å². The number of aromatic nitrogens is 2. The SMILES string of the molecule is N#Cc1ccc(CC(=O)NCCCc2ncc[nH]2)cc1. The first-order valence-corrected chi connectivity index (χ1v) is 6.52. The molecular formula is C15H16N4O. The van der Waals surface area contributed by atoms with Crippen molar-refractivity contribution in [3.05, 3.63) is 53.6 Å². The molecule has 2 N–H and O–H groups in total. The van der Waals surface area contributed by atoms with Gasteiger partial charge in [-0.15, -0.1) is 0 Å². The fourth-order valence-corrected chi connectivity index (χ4v) is 1.86. The van der Waals surface area contributed by atoms with Crippen molar-refractivity contribution in [3.63, 3.8) is 0 Å². The Morgan fingerprint density at radius 1 is 1.35 bits per heavy atom. The first-order valence-electron chi connectivity index (χ1n) is 6.52. The van der Waals surface area contributed by atoms with Crippen molar-refractivity contribution in [1.82, 2.24) is 15.3 Å². The predicted molar refractivity (Wildman–Crippen MR) is 74.8 cm³/mol. The van der Waals surface area contributed by atoms with Crippen LogP contribution in [-0.2, 0) is 17.6 Å². The molecule has 2 aromatic rings. The number of benzene rings is 1. The highest BCUT2D eigenvalue weighted by Crippen LogP contribution is 2.04. The maximum Gasteiger partial charge on any atom is 0.224 e. The summed E-state index contributed by atoms with van der Waals surface area (Å²) in [5.41, 5.74) is 1.51. The van der Waals surface area contributed by atoms with Crippen LogP contribution in [-0.4, -0.2) is 22.4 Å². The predicted octanol–water partition coefficient (Wildman–Crippen LogP) is 1.57. The third-order valence-electron chi connectivity index (χ3n) is 2.92. The third-order valence-corrected chi connectivity index (χ3v) is 2.92. The van der Waals surface area contributed by atoms with Gasteiger partial charge in [0.1, 0.15) is 5.82 Å². The van der Waals surface area contributed by atoms with Gasteiger partial charge in [0.05, 0.1) is 18.1 Å². The molecule has 0 bridgehead atoms. The maximum absolute atomic E-state index is 11.7. The second-order valence-electron chi connectivity index (χ2n) is 4.47. The molecule has 0 saturated heterocycles. The molecule has 0 unspecified atom stereocenters. The number of nitrogens with one attached hydrogen (secondary N) is 2. The van der Waals surface area contributed by atoms with Crippen LogP contribution in [0.15, 0.2) is 36.7 Å². The van der Waals surface area contributed by atoms with E-state index in [1.165, 1.54) is 0 Å². The maximum atomic E-state index is 11.7. The number of nitriles is 1. The van der Waals surface area contributed by atoms with Crippen LogP contribution in [0.5, 0.6) is 0 Å². The summed E-state index contributed by atoms with van der Waals surface area (Å²) >= 11 is 0. The number of hydrogen-bond donors (Lipinski definition) is 2. The fraction of sp³-hybridized carbons (Fsp3) is 0.267. The number of aromatic amines is 1. The minimum absolute atomic E-state index is 0.00541. The highest BCUT2D eigenvalue weighted by Gasteiger charge is 2.03. The van der Waals surface area contributed by atoms with Crippen LogP contribution in [0.1, 0.15) is 23.4 Å². The van der Waals surface area contributed by atoms with Crippen molar-refractivity contribution >= 4 is 5.91 Å². The Morgan fingerprint density at radius 3 is 2.80 bits per heavy atom. The van der Waals surface area contributed by atoms with Gasteiger partial charge in [-0.05, 0) is 24.1 Å². The highest BCUT2D eigenvalue weighted by atomic mass is 16.1. The quantitative estimate of drug-likeness (QED) is 0.780. The zero-order valence-corrected chi connectivity index (χ0v) is 11.1. The van der Waals surface area contributed by atoms with E-state index in [2.05, 4.69) is 21.4 Å². The summed E-state index contributed by atoms with van der Waals surface area (Å²) in [7, 11) is 0. The zero-order chi connectivity index (χ0) is 14.2. The molecule has 2 rings (SSSR count). The second-order valence-corrected chi connectivity index (χ2v) is 4.47. The van der Waals surface area contributed by atoms with Gasteiger partial charge in [-0.1, -0.05) is 12.1 Å². The Bertz CT molecular complexity index is 581. The summed E-state index contributed by atoms with van der Waals surface area (Å²) < 4.78 is 0. The van der Waals surface area contributed by atoms with E-state index in [0.717, 1.165) is 24.2 Å². The van der Waals surface area contributed by atoms with E-state index in [-0.39, 0.29) is 5.91 Å². The lowest BCUT2D eigenvalue weighted by atomic mass is 10.1. The summed E-state index contributed by atoms with van der Waals surface area (Å²) in [6.07, 6.45) is 5.53. The van der Waals surface area contributed by atoms with E-state index < -0.39 is 0 Å². The molecule has 1 amide bonds. The molecule has 20 heavy (non-hydrogen) atoms. The average Bonchev–Trinajstić information content (AvgIpc) is 2.98. The Labute approximate surface area is 117 Å². The molecule has 5 nitrogen and oxygen atoms in total. The summed E-state index contributed by atoms with van der Waals surface area (Å²) in [5.74, 6) is 0.931. The summed E-state index contributed by atoms with van der Waals surface area (Å²) in [6, 6.07) is 9.11. The first-order chi connectivity index (χ1) is 9.78. The van der Waals surface area contributed by atoms with Crippen LogP contribution in [0.2, 0.25) is 0 Å². The largest absolute Gasteiger partial charge is 0.356 e. The molecular weight excluding hydrogens is 252 g/mol. The van der Waals surface area contributed by atoms with Gasteiger partial charge >= 0.3 is 0 Å². The van der Waals surface area contributed by atoms with Crippen LogP contribution >= 0.6 is 0 Å². The standard InChI is InChI=1S/C15H16N4O/c16-11-13-5-3-12(4-6-13)10-15(20)19-7-1-2-14-17-8-9-18-14/h3-6,8-9H,1-2,7,10H2,(H,17,18)(H,19,20). The number of imidazole rings is 1. The first kappa shape index (κ1) is 13.8. The monoisotopic (exact) mass is 268 g/mol. The molecule has 1 aromatic carbocycles. The number of aryl methyl sites for hydroxylation is 1. The number of H-pyrrole nitrogens is 1. The van der Waals surface area contributed by atoms with Crippen LogP contribution in [0.25, 0.3) is 0 Å². The lowest BCUT2D eigenvalue weighted by Crippen LogP contribution is -2.26. The zero-order valence-electron chi connectivity index (χ0n) is 11.1. The van der Waals surface area contributed by atoms with Crippen LogP contribution in [0.4, 0.5) is 0 Å². The molecule has 0 fully saturated rings. The molecule has 5 heteroatoms. The molecule has 1 heterocycles. The van der Waals surface area contributed by atoms with Gasteiger partial charge in [0.25, 0.3) is 0 Å². The minimum Gasteiger partial charge on any atom is -0.356 e. The van der Waals surface area contributed by atoms with Gasteiger partial charge in [-0.2, -0.15) is 5.26 Å². The number of carbonyl (C=O) groups is 1. The third kappa shape index (κ3) is 4.25. The van der Waals surface area contributed by atoms with Gasteiger partial charge in [-0.3, -0.25) is 4.79 Å². The summed E-state index contributed by atoms with van der Waals surface area (Å²) in [4.78, 5) is 18.9. The Hall–Kier alpha value is -2.61. The average molecular weight is 268 g/mol. The summed E-state index contributed by atoms with van der Waals surface area (Å²) in [5, 5.41) is 11.6. The normalized spacial score (nSPS) is 9.95. The summed E-state index contributed by atoms with van der Waals surface area (Å²) in [6.45, 7) is 0.635. The lowest BCUT2D eigenvalue weighted by Gasteiger charge is -2.04. The molecule has 0 radical (unpaired) electrons. The number of rotatable bonds is 6. The number of nitrogens with zero attached hydrogens (tertiary/aromatic N) is 2. The van der Waals surface area contributed by atoms with Gasteiger partial charge < -0.3 is 10.3 Å². The Morgan fingerprint density at radius 2 is 2.15 bits per heavy atom. The fourth-order valence-electron chi connectivity index (χ4n) is 1.86. The molecule has 0 atom stereocenters. The van der Waals surface area contributed by atoms with Gasteiger partial charge in [0.2, 0.25) is 5.91 Å². The van der Waals surface area contributed by atoms with Gasteiger partial charge in [0, 0.05) is 25.4 Å². The number of carbonyl (C=O) groups excluding carboxylic acids is 1. The van der Waals surface area contributed by atoms with Crippen molar-refractivity contribution < 1.29 is 4.79 Å². The highest BCUT2D eigenvalue weighted by molar-refractivity contribution is 5.78. The molecule has 102 valence electrons. The molecule has 1 aromatic heterocycles. The minimum atomic E-state index is -0.00541. The molecule has 0 aliphatic rings. The number of amides is 1. The van der Waals surface area contributed by atoms with Crippen LogP contribution in [0, 0.1) is 11.3 Å². The molecule has 0 spiro atoms. The molecule has 0 aliphatic heterocycles. The smallest absolute Gasteiger partial charge is 0.224 e. The van der Waals surface area contributed by atoms with Crippen LogP contribution < -0.4 is 5.32 Å². The van der Waals surface area contributed by atoms with E-state index in [0.29, 0.717) is 18.5 Å². The van der Waals surface area contributed by atoms with Crippen LogP contribution in [0.3, 0.4) is 0 Å². The topological polar surface area (TPSA) is 81.6 Å². The van der Waals surface area contributed by atoms with E-state index >= 15 is 0 Å². The van der Waals surface area contributed by atoms with E-state index in [9.17, 15) is 4.79 Å². The van der Waals surface area contributed by atoms with Gasteiger partial charge in [0.15, 0.2) is 0 Å². The van der Waals surface area contributed by atoms with Gasteiger partial charge in [-0.25, -0.2) is 4.98 Å². The second kappa shape index (κ2) is 7.10. The van der Waals surface area contributed by atoms with Crippen molar-refractivity contribution in [2.24, 2.45) is 0 Å². The molecule has 0 aliphatic carbocycles.